The van der Waals surface area contributed by atoms with E-state index in [0.29, 0.717) is 0 Å². The van der Waals surface area contributed by atoms with Crippen LogP contribution in [0.25, 0.3) is 66.2 Å². The average Bonchev–Trinajstić information content (AvgIpc) is 3.72. The number of hydrogen-bond donors (Lipinski definition) is 0. The molecule has 2 bridgehead atoms. The number of benzene rings is 6. The molecular weight excluding hydrogens is 518 g/mol. The zero-order valence-electron chi connectivity index (χ0n) is 24.0. The minimum Gasteiger partial charge on any atom is -0.255 e. The lowest BCUT2D eigenvalue weighted by molar-refractivity contribution is 0.719. The Morgan fingerprint density at radius 1 is 0.442 bits per heavy atom. The highest BCUT2D eigenvalue weighted by molar-refractivity contribution is 6.11. The van der Waals surface area contributed by atoms with Crippen molar-refractivity contribution in [1.29, 1.82) is 0 Å². The first-order valence-corrected chi connectivity index (χ1v) is 15.5. The van der Waals surface area contributed by atoms with E-state index in [-0.39, 0.29) is 0 Å². The van der Waals surface area contributed by atoms with Crippen LogP contribution in [0.15, 0.2) is 140 Å². The maximum atomic E-state index is 5.08. The van der Waals surface area contributed by atoms with Crippen molar-refractivity contribution in [2.45, 2.75) is 31.1 Å². The second-order valence-electron chi connectivity index (χ2n) is 12.3. The summed E-state index contributed by atoms with van der Waals surface area (Å²) in [6.45, 7) is 0. The molecule has 0 amide bonds. The summed E-state index contributed by atoms with van der Waals surface area (Å²) in [7, 11) is 0. The minimum atomic E-state index is 0.718. The molecule has 43 heavy (non-hydrogen) atoms. The third kappa shape index (κ3) is 4.03. The Hall–Kier alpha value is -5.01. The normalized spacial score (nSPS) is 17.0. The third-order valence-corrected chi connectivity index (χ3v) is 9.90. The van der Waals surface area contributed by atoms with Gasteiger partial charge in [0.25, 0.3) is 0 Å². The largest absolute Gasteiger partial charge is 0.255 e. The first-order valence-electron chi connectivity index (χ1n) is 15.5. The monoisotopic (exact) mass is 549 g/mol. The molecule has 9 rings (SSSR count). The van der Waals surface area contributed by atoms with Crippen LogP contribution in [0.4, 0.5) is 0 Å². The molecule has 2 unspecified atom stereocenters. The molecule has 1 saturated carbocycles. The van der Waals surface area contributed by atoms with Crippen LogP contribution < -0.4 is 0 Å². The molecule has 0 radical (unpaired) electrons. The first-order chi connectivity index (χ1) is 21.3. The van der Waals surface area contributed by atoms with Gasteiger partial charge in [-0.3, -0.25) is 4.98 Å². The van der Waals surface area contributed by atoms with Gasteiger partial charge in [0, 0.05) is 17.0 Å². The maximum absolute atomic E-state index is 5.08. The van der Waals surface area contributed by atoms with E-state index in [1.807, 2.05) is 0 Å². The molecule has 1 nitrogen and oxygen atoms in total. The number of rotatable bonds is 4. The third-order valence-electron chi connectivity index (χ3n) is 9.90. The highest BCUT2D eigenvalue weighted by Crippen LogP contribution is 2.55. The fraction of sp³-hybridized carbons (Fsp3) is 0.119. The lowest BCUT2D eigenvalue weighted by atomic mass is 9.88. The molecule has 6 aromatic carbocycles. The number of hydrogen-bond acceptors (Lipinski definition) is 1. The van der Waals surface area contributed by atoms with Crippen LogP contribution in [-0.4, -0.2) is 4.98 Å². The van der Waals surface area contributed by atoms with Crippen LogP contribution in [0, 0.1) is 0 Å². The highest BCUT2D eigenvalue weighted by Gasteiger charge is 2.38. The van der Waals surface area contributed by atoms with Gasteiger partial charge in [0.15, 0.2) is 0 Å². The Labute approximate surface area is 252 Å². The van der Waals surface area contributed by atoms with Gasteiger partial charge in [-0.2, -0.15) is 0 Å². The summed E-state index contributed by atoms with van der Waals surface area (Å²) in [6.07, 6.45) is 6.18. The highest BCUT2D eigenvalue weighted by atomic mass is 14.7. The average molecular weight is 550 g/mol. The van der Waals surface area contributed by atoms with Crippen LogP contribution >= 0.6 is 0 Å². The Morgan fingerprint density at radius 3 is 1.77 bits per heavy atom. The van der Waals surface area contributed by atoms with Gasteiger partial charge >= 0.3 is 0 Å². The maximum Gasteiger partial charge on any atom is 0.0783 e. The van der Waals surface area contributed by atoms with E-state index in [2.05, 4.69) is 140 Å². The minimum absolute atomic E-state index is 0.718. The van der Waals surface area contributed by atoms with E-state index in [0.717, 1.165) is 17.4 Å². The topological polar surface area (TPSA) is 12.9 Å². The van der Waals surface area contributed by atoms with Crippen molar-refractivity contribution in [3.63, 3.8) is 0 Å². The molecule has 1 aromatic heterocycles. The van der Waals surface area contributed by atoms with Crippen molar-refractivity contribution in [2.24, 2.45) is 0 Å². The van der Waals surface area contributed by atoms with Crippen LogP contribution in [0.3, 0.4) is 0 Å². The Kier molecular flexibility index (Phi) is 5.59. The number of pyridine rings is 1. The molecule has 204 valence electrons. The summed E-state index contributed by atoms with van der Waals surface area (Å²) < 4.78 is 0. The molecule has 0 saturated heterocycles. The van der Waals surface area contributed by atoms with Crippen LogP contribution in [-0.2, 0) is 0 Å². The predicted molar refractivity (Wildman–Crippen MR) is 180 cm³/mol. The van der Waals surface area contributed by atoms with Crippen molar-refractivity contribution in [2.75, 3.05) is 0 Å². The van der Waals surface area contributed by atoms with Gasteiger partial charge in [-0.05, 0) is 116 Å². The van der Waals surface area contributed by atoms with E-state index in [4.69, 9.17) is 4.98 Å². The van der Waals surface area contributed by atoms with Crippen molar-refractivity contribution in [3.8, 4) is 44.5 Å². The van der Waals surface area contributed by atoms with Crippen molar-refractivity contribution >= 4 is 21.7 Å². The molecular formula is C42H31N. The fourth-order valence-corrected chi connectivity index (χ4v) is 7.87. The first kappa shape index (κ1) is 24.6. The summed E-state index contributed by atoms with van der Waals surface area (Å²) in [6, 6.07) is 48.8. The van der Waals surface area contributed by atoms with Crippen molar-refractivity contribution in [3.05, 3.63) is 151 Å². The zero-order valence-corrected chi connectivity index (χ0v) is 24.0. The second kappa shape index (κ2) is 9.78. The molecule has 0 N–H and O–H groups in total. The van der Waals surface area contributed by atoms with E-state index in [9.17, 15) is 0 Å². The van der Waals surface area contributed by atoms with Gasteiger partial charge in [0.2, 0.25) is 0 Å². The summed E-state index contributed by atoms with van der Waals surface area (Å²) in [4.78, 5) is 5.08. The molecule has 2 atom stereocenters. The lowest BCUT2D eigenvalue weighted by Crippen LogP contribution is -2.00. The quantitative estimate of drug-likeness (QED) is 0.199. The predicted octanol–water partition coefficient (Wildman–Crippen LogP) is 11.4. The van der Waals surface area contributed by atoms with Gasteiger partial charge in [-0.15, -0.1) is 0 Å². The van der Waals surface area contributed by atoms with Gasteiger partial charge in [-0.1, -0.05) is 109 Å². The molecule has 7 aromatic rings. The van der Waals surface area contributed by atoms with Crippen molar-refractivity contribution in [1.82, 2.24) is 4.98 Å². The molecule has 2 aliphatic carbocycles. The van der Waals surface area contributed by atoms with Gasteiger partial charge in [0.05, 0.1) is 5.52 Å². The second-order valence-corrected chi connectivity index (χ2v) is 12.3. The molecule has 1 heteroatoms. The van der Waals surface area contributed by atoms with Crippen LogP contribution in [0.5, 0.6) is 0 Å². The van der Waals surface area contributed by atoms with Crippen LogP contribution in [0.1, 0.15) is 42.2 Å². The molecule has 0 spiro atoms. The van der Waals surface area contributed by atoms with Crippen LogP contribution in [0.2, 0.25) is 0 Å². The zero-order chi connectivity index (χ0) is 28.3. The summed E-state index contributed by atoms with van der Waals surface area (Å²) >= 11 is 0. The molecule has 1 heterocycles. The van der Waals surface area contributed by atoms with E-state index in [1.54, 1.807) is 5.56 Å². The summed E-state index contributed by atoms with van der Waals surface area (Å²) in [5.74, 6) is 1.44. The number of nitrogens with zero attached hydrogens (tertiary/aromatic N) is 1. The van der Waals surface area contributed by atoms with E-state index < -0.39 is 0 Å². The Morgan fingerprint density at radius 2 is 1.02 bits per heavy atom. The summed E-state index contributed by atoms with van der Waals surface area (Å²) in [5, 5.41) is 3.89. The Bertz CT molecular complexity index is 2100. The van der Waals surface area contributed by atoms with Gasteiger partial charge in [0.1, 0.15) is 0 Å². The van der Waals surface area contributed by atoms with Gasteiger partial charge < -0.3 is 0 Å². The molecule has 1 fully saturated rings. The lowest BCUT2D eigenvalue weighted by Gasteiger charge is -2.18. The summed E-state index contributed by atoms with van der Waals surface area (Å²) in [5.41, 5.74) is 14.1. The molecule has 2 aliphatic rings. The molecule has 0 aliphatic heterocycles. The van der Waals surface area contributed by atoms with Crippen molar-refractivity contribution < 1.29 is 0 Å². The van der Waals surface area contributed by atoms with E-state index in [1.165, 1.54) is 85.5 Å². The smallest absolute Gasteiger partial charge is 0.0783 e. The van der Waals surface area contributed by atoms with E-state index >= 15 is 0 Å². The SMILES string of the molecule is c1ccc(-c2cc(-c3ccccc3)cc(-c3cccc(-c4cccc5c4ccc4c6c(cnc45)C4CCC6C4)c3)c2)cc1. The fourth-order valence-electron chi connectivity index (χ4n) is 7.87. The number of fused-ring (bicyclic) bond motifs is 9. The van der Waals surface area contributed by atoms with Gasteiger partial charge in [-0.25, -0.2) is 0 Å². The Balaban J connectivity index is 1.19. The standard InChI is InChI=1S/C42H31N/c1-3-9-27(10-4-1)33-23-34(28-11-5-2-6-12-28)25-35(24-33)29-13-7-14-30(21-29)36-15-8-16-38-37(36)19-20-39-41-32-18-17-31(22-32)40(41)26-43-42(38)39/h1-16,19-21,23-26,31-32H,17-18,22H2. The number of aromatic nitrogens is 1.